The molecule has 1 aliphatic carbocycles. The summed E-state index contributed by atoms with van der Waals surface area (Å²) in [6.07, 6.45) is 4.24. The largest absolute Gasteiger partial charge is 0.475 e. The lowest BCUT2D eigenvalue weighted by Gasteiger charge is -2.28. The molecule has 0 radical (unpaired) electrons. The Labute approximate surface area is 118 Å². The molecule has 4 heteroatoms. The van der Waals surface area contributed by atoms with Crippen LogP contribution in [0, 0.1) is 5.92 Å². The summed E-state index contributed by atoms with van der Waals surface area (Å²) >= 11 is 6.17. The monoisotopic (exact) mass is 278 g/mol. The Morgan fingerprint density at radius 2 is 2.16 bits per heavy atom. The molecule has 3 atom stereocenters. The van der Waals surface area contributed by atoms with Gasteiger partial charge in [0.25, 0.3) is 0 Å². The highest BCUT2D eigenvalue weighted by Gasteiger charge is 2.36. The molecule has 1 aliphatic heterocycles. The summed E-state index contributed by atoms with van der Waals surface area (Å²) < 4.78 is 5.99. The van der Waals surface area contributed by atoms with Crippen molar-refractivity contribution >= 4 is 17.5 Å². The lowest BCUT2D eigenvalue weighted by atomic mass is 9.84. The van der Waals surface area contributed by atoms with Gasteiger partial charge in [-0.3, -0.25) is 0 Å². The minimum Gasteiger partial charge on any atom is -0.475 e. The maximum absolute atomic E-state index is 6.17. The second kappa shape index (κ2) is 5.51. The summed E-state index contributed by atoms with van der Waals surface area (Å²) in [5.74, 6) is 1.43. The number of benzene rings is 1. The van der Waals surface area contributed by atoms with Crippen molar-refractivity contribution in [3.8, 4) is 0 Å². The molecule has 1 aromatic rings. The van der Waals surface area contributed by atoms with Crippen LogP contribution in [0.15, 0.2) is 29.3 Å². The van der Waals surface area contributed by atoms with E-state index in [0.717, 1.165) is 35.9 Å². The van der Waals surface area contributed by atoms with Crippen LogP contribution in [0.25, 0.3) is 0 Å². The van der Waals surface area contributed by atoms with E-state index in [0.29, 0.717) is 18.4 Å². The molecule has 0 aromatic heterocycles. The molecular formula is C15H19ClN2O. The summed E-state index contributed by atoms with van der Waals surface area (Å²) in [4.78, 5) is 4.71. The molecule has 2 N–H and O–H groups in total. The highest BCUT2D eigenvalue weighted by molar-refractivity contribution is 6.31. The van der Waals surface area contributed by atoms with Crippen LogP contribution in [-0.2, 0) is 11.2 Å². The van der Waals surface area contributed by atoms with Gasteiger partial charge in [0, 0.05) is 5.02 Å². The van der Waals surface area contributed by atoms with E-state index >= 15 is 0 Å². The third kappa shape index (κ3) is 2.77. The first-order valence-electron chi connectivity index (χ1n) is 6.93. The third-order valence-corrected chi connectivity index (χ3v) is 4.46. The Balaban J connectivity index is 1.67. The molecule has 102 valence electrons. The Bertz CT molecular complexity index is 489. The number of ether oxygens (including phenoxy) is 1. The zero-order chi connectivity index (χ0) is 13.2. The number of nitrogens with zero attached hydrogens (tertiary/aromatic N) is 1. The van der Waals surface area contributed by atoms with Crippen LogP contribution in [0.4, 0.5) is 0 Å². The second-order valence-electron chi connectivity index (χ2n) is 5.43. The Hall–Kier alpha value is -1.06. The van der Waals surface area contributed by atoms with Gasteiger partial charge in [-0.05, 0) is 43.4 Å². The van der Waals surface area contributed by atoms with Crippen molar-refractivity contribution in [1.82, 2.24) is 0 Å². The lowest BCUT2D eigenvalue weighted by molar-refractivity contribution is 0.121. The number of rotatable bonds is 3. The van der Waals surface area contributed by atoms with Crippen LogP contribution in [0.1, 0.15) is 24.8 Å². The van der Waals surface area contributed by atoms with Crippen LogP contribution in [0.2, 0.25) is 5.02 Å². The Kier molecular flexibility index (Phi) is 3.76. The Morgan fingerprint density at radius 3 is 2.95 bits per heavy atom. The van der Waals surface area contributed by atoms with Gasteiger partial charge in [0.2, 0.25) is 0 Å². The summed E-state index contributed by atoms with van der Waals surface area (Å²) in [7, 11) is 0. The smallest absolute Gasteiger partial charge is 0.188 e. The van der Waals surface area contributed by atoms with E-state index in [2.05, 4.69) is 0 Å². The normalized spacial score (nSPS) is 29.6. The average Bonchev–Trinajstić information content (AvgIpc) is 2.82. The fourth-order valence-corrected chi connectivity index (χ4v) is 3.17. The van der Waals surface area contributed by atoms with Gasteiger partial charge in [-0.1, -0.05) is 29.8 Å². The number of hydrogen-bond donors (Lipinski definition) is 1. The predicted octanol–water partition coefficient (Wildman–Crippen LogP) is 2.81. The Morgan fingerprint density at radius 1 is 1.32 bits per heavy atom. The van der Waals surface area contributed by atoms with Crippen molar-refractivity contribution in [1.29, 1.82) is 0 Å². The SMILES string of the molecule is NCC1CCC2N=C(Cc3ccccc3Cl)OC2C1. The maximum atomic E-state index is 6.17. The number of fused-ring (bicyclic) bond motifs is 1. The maximum Gasteiger partial charge on any atom is 0.188 e. The highest BCUT2D eigenvalue weighted by atomic mass is 35.5. The van der Waals surface area contributed by atoms with Crippen molar-refractivity contribution in [2.45, 2.75) is 37.8 Å². The van der Waals surface area contributed by atoms with Crippen LogP contribution in [0.3, 0.4) is 0 Å². The number of hydrogen-bond acceptors (Lipinski definition) is 3. The average molecular weight is 279 g/mol. The molecule has 2 aliphatic rings. The first-order valence-corrected chi connectivity index (χ1v) is 7.31. The van der Waals surface area contributed by atoms with Crippen molar-refractivity contribution in [2.24, 2.45) is 16.6 Å². The molecule has 0 bridgehead atoms. The highest BCUT2D eigenvalue weighted by Crippen LogP contribution is 2.32. The topological polar surface area (TPSA) is 47.6 Å². The fraction of sp³-hybridized carbons (Fsp3) is 0.533. The van der Waals surface area contributed by atoms with Gasteiger partial charge >= 0.3 is 0 Å². The zero-order valence-electron chi connectivity index (χ0n) is 10.9. The molecule has 19 heavy (non-hydrogen) atoms. The van der Waals surface area contributed by atoms with E-state index in [-0.39, 0.29) is 6.10 Å². The second-order valence-corrected chi connectivity index (χ2v) is 5.84. The van der Waals surface area contributed by atoms with Gasteiger partial charge in [0.05, 0.1) is 12.5 Å². The molecule has 3 nitrogen and oxygen atoms in total. The van der Waals surface area contributed by atoms with Gasteiger partial charge < -0.3 is 10.5 Å². The van der Waals surface area contributed by atoms with Crippen LogP contribution in [-0.4, -0.2) is 24.6 Å². The van der Waals surface area contributed by atoms with E-state index in [1.165, 1.54) is 6.42 Å². The molecule has 1 aromatic carbocycles. The van der Waals surface area contributed by atoms with E-state index in [4.69, 9.17) is 27.1 Å². The van der Waals surface area contributed by atoms with E-state index in [1.54, 1.807) is 0 Å². The van der Waals surface area contributed by atoms with Crippen molar-refractivity contribution in [3.63, 3.8) is 0 Å². The lowest BCUT2D eigenvalue weighted by Crippen LogP contribution is -2.34. The molecular weight excluding hydrogens is 260 g/mol. The van der Waals surface area contributed by atoms with Crippen molar-refractivity contribution in [3.05, 3.63) is 34.9 Å². The van der Waals surface area contributed by atoms with E-state index in [9.17, 15) is 0 Å². The van der Waals surface area contributed by atoms with E-state index in [1.807, 2.05) is 24.3 Å². The van der Waals surface area contributed by atoms with Gasteiger partial charge in [-0.15, -0.1) is 0 Å². The van der Waals surface area contributed by atoms with Crippen molar-refractivity contribution < 1.29 is 4.74 Å². The summed E-state index contributed by atoms with van der Waals surface area (Å²) in [6, 6.07) is 8.20. The van der Waals surface area contributed by atoms with Gasteiger partial charge in [-0.2, -0.15) is 0 Å². The van der Waals surface area contributed by atoms with E-state index < -0.39 is 0 Å². The summed E-state index contributed by atoms with van der Waals surface area (Å²) in [6.45, 7) is 0.756. The van der Waals surface area contributed by atoms with Crippen LogP contribution < -0.4 is 5.73 Å². The fourth-order valence-electron chi connectivity index (χ4n) is 2.97. The first-order chi connectivity index (χ1) is 9.26. The first kappa shape index (κ1) is 12.9. The molecule has 1 fully saturated rings. The summed E-state index contributed by atoms with van der Waals surface area (Å²) in [5, 5.41) is 0.781. The van der Waals surface area contributed by atoms with Gasteiger partial charge in [0.15, 0.2) is 5.90 Å². The molecule has 0 spiro atoms. The molecule has 1 saturated carbocycles. The van der Waals surface area contributed by atoms with Crippen molar-refractivity contribution in [2.75, 3.05) is 6.54 Å². The zero-order valence-corrected chi connectivity index (χ0v) is 11.6. The standard InChI is InChI=1S/C15H19ClN2O/c16-12-4-2-1-3-11(12)8-15-18-13-6-5-10(9-17)7-14(13)19-15/h1-4,10,13-14H,5-9,17H2. The van der Waals surface area contributed by atoms with Gasteiger partial charge in [0.1, 0.15) is 6.10 Å². The summed E-state index contributed by atoms with van der Waals surface area (Å²) in [5.41, 5.74) is 6.83. The molecule has 3 rings (SSSR count). The molecule has 3 unspecified atom stereocenters. The van der Waals surface area contributed by atoms with Crippen LogP contribution in [0.5, 0.6) is 0 Å². The minimum absolute atomic E-state index is 0.236. The molecule has 1 heterocycles. The quantitative estimate of drug-likeness (QED) is 0.924. The molecule has 0 amide bonds. The van der Waals surface area contributed by atoms with Crippen LogP contribution >= 0.6 is 11.6 Å². The minimum atomic E-state index is 0.236. The molecule has 0 saturated heterocycles. The predicted molar refractivity (Wildman–Crippen MR) is 77.6 cm³/mol. The third-order valence-electron chi connectivity index (χ3n) is 4.10. The number of aliphatic imine (C=N–C) groups is 1. The van der Waals surface area contributed by atoms with Gasteiger partial charge in [-0.25, -0.2) is 4.99 Å². The number of nitrogens with two attached hydrogens (primary N) is 1. The number of halogens is 1.